The van der Waals surface area contributed by atoms with Crippen molar-refractivity contribution in [2.75, 3.05) is 0 Å². The third-order valence-electron chi connectivity index (χ3n) is 8.04. The number of hydrogen-bond donors (Lipinski definition) is 1. The molecule has 124 valence electrons. The molecule has 0 aromatic heterocycles. The molecule has 0 aromatic rings. The first-order chi connectivity index (χ1) is 11.0. The fourth-order valence-corrected chi connectivity index (χ4v) is 6.83. The van der Waals surface area contributed by atoms with Crippen LogP contribution in [0.3, 0.4) is 0 Å². The van der Waals surface area contributed by atoms with Crippen molar-refractivity contribution >= 4 is 5.78 Å². The Kier molecular flexibility index (Phi) is 3.47. The van der Waals surface area contributed by atoms with Crippen molar-refractivity contribution in [1.29, 1.82) is 5.26 Å². The van der Waals surface area contributed by atoms with Crippen molar-refractivity contribution < 1.29 is 9.90 Å². The van der Waals surface area contributed by atoms with E-state index in [1.807, 2.05) is 6.08 Å². The van der Waals surface area contributed by atoms with E-state index >= 15 is 0 Å². The van der Waals surface area contributed by atoms with Crippen molar-refractivity contribution in [3.05, 3.63) is 11.6 Å². The van der Waals surface area contributed by atoms with E-state index in [9.17, 15) is 15.2 Å². The SMILES string of the molecule is C[C@]12CCC(=O)C=C1CC[C@H]1[C@@H]3CC[C@@H](O)[C@@]3(CC#N)CC[C@@H]12. The molecule has 4 aliphatic rings. The molecule has 3 nitrogen and oxygen atoms in total. The lowest BCUT2D eigenvalue weighted by molar-refractivity contribution is -0.118. The van der Waals surface area contributed by atoms with Crippen LogP contribution >= 0.6 is 0 Å². The van der Waals surface area contributed by atoms with Crippen molar-refractivity contribution in [1.82, 2.24) is 0 Å². The zero-order chi connectivity index (χ0) is 16.2. The Morgan fingerprint density at radius 3 is 2.83 bits per heavy atom. The topological polar surface area (TPSA) is 61.1 Å². The number of nitrogens with zero attached hydrogens (tertiary/aromatic N) is 1. The Morgan fingerprint density at radius 1 is 1.22 bits per heavy atom. The summed E-state index contributed by atoms with van der Waals surface area (Å²) in [6.45, 7) is 2.38. The highest BCUT2D eigenvalue weighted by Gasteiger charge is 2.60. The van der Waals surface area contributed by atoms with Crippen LogP contribution in [0.1, 0.15) is 64.7 Å². The molecule has 1 N–H and O–H groups in total. The molecule has 3 saturated carbocycles. The van der Waals surface area contributed by atoms with Crippen LogP contribution in [-0.2, 0) is 4.79 Å². The van der Waals surface area contributed by atoms with E-state index in [0.717, 1.165) is 44.9 Å². The fraction of sp³-hybridized carbons (Fsp3) is 0.800. The number of rotatable bonds is 1. The average molecular weight is 313 g/mol. The third-order valence-corrected chi connectivity index (χ3v) is 8.04. The van der Waals surface area contributed by atoms with E-state index in [1.165, 1.54) is 5.57 Å². The molecule has 4 aliphatic carbocycles. The molecule has 0 radical (unpaired) electrons. The molecule has 0 bridgehead atoms. The Balaban J connectivity index is 1.69. The lowest BCUT2D eigenvalue weighted by Crippen LogP contribution is -2.52. The van der Waals surface area contributed by atoms with E-state index in [-0.39, 0.29) is 16.9 Å². The van der Waals surface area contributed by atoms with Crippen LogP contribution in [0.5, 0.6) is 0 Å². The summed E-state index contributed by atoms with van der Waals surface area (Å²) >= 11 is 0. The zero-order valence-corrected chi connectivity index (χ0v) is 14.1. The molecule has 0 saturated heterocycles. The number of allylic oxidation sites excluding steroid dienone is 1. The van der Waals surface area contributed by atoms with Gasteiger partial charge in [-0.05, 0) is 74.2 Å². The number of ketones is 1. The minimum atomic E-state index is -0.286. The third kappa shape index (κ3) is 2.00. The molecule has 0 aromatic carbocycles. The number of carbonyl (C=O) groups is 1. The summed E-state index contributed by atoms with van der Waals surface area (Å²) in [6.07, 6.45) is 10.1. The summed E-state index contributed by atoms with van der Waals surface area (Å²) in [4.78, 5) is 11.8. The van der Waals surface area contributed by atoms with Crippen molar-refractivity contribution in [2.45, 2.75) is 70.8 Å². The quantitative estimate of drug-likeness (QED) is 0.801. The fourth-order valence-electron chi connectivity index (χ4n) is 6.83. The molecule has 23 heavy (non-hydrogen) atoms. The predicted molar refractivity (Wildman–Crippen MR) is 87.3 cm³/mol. The van der Waals surface area contributed by atoms with Crippen LogP contribution in [0.25, 0.3) is 0 Å². The highest BCUT2D eigenvalue weighted by Crippen LogP contribution is 2.66. The van der Waals surface area contributed by atoms with Gasteiger partial charge in [-0.3, -0.25) is 4.79 Å². The summed E-state index contributed by atoms with van der Waals surface area (Å²) in [7, 11) is 0. The van der Waals surface area contributed by atoms with E-state index in [4.69, 9.17) is 0 Å². The van der Waals surface area contributed by atoms with Crippen LogP contribution in [0, 0.1) is 39.9 Å². The number of fused-ring (bicyclic) bond motifs is 5. The second-order valence-corrected chi connectivity index (χ2v) is 8.67. The zero-order valence-electron chi connectivity index (χ0n) is 14.1. The second kappa shape index (κ2) is 5.18. The molecule has 3 heteroatoms. The van der Waals surface area contributed by atoms with E-state index in [0.29, 0.717) is 36.4 Å². The van der Waals surface area contributed by atoms with Gasteiger partial charge in [0.15, 0.2) is 5.78 Å². The minimum absolute atomic E-state index is 0.141. The van der Waals surface area contributed by atoms with Crippen LogP contribution in [0.4, 0.5) is 0 Å². The lowest BCUT2D eigenvalue weighted by atomic mass is 9.46. The Hall–Kier alpha value is -1.14. The maximum atomic E-state index is 11.8. The minimum Gasteiger partial charge on any atom is -0.393 e. The van der Waals surface area contributed by atoms with Gasteiger partial charge in [0, 0.05) is 18.3 Å². The summed E-state index contributed by atoms with van der Waals surface area (Å²) in [5, 5.41) is 20.0. The van der Waals surface area contributed by atoms with E-state index in [2.05, 4.69) is 13.0 Å². The monoisotopic (exact) mass is 313 g/mol. The molecule has 6 atom stereocenters. The molecule has 4 rings (SSSR count). The van der Waals surface area contributed by atoms with Gasteiger partial charge < -0.3 is 5.11 Å². The summed E-state index contributed by atoms with van der Waals surface area (Å²) in [5.74, 6) is 2.08. The standard InChI is InChI=1S/C20H27NO2/c1-19-8-6-14(22)12-13(19)2-3-15-16(19)7-9-20(10-11-21)17(15)4-5-18(20)23/h12,15-18,23H,2-10H2,1H3/t15-,16+,17+,18-,19+,20-/m1/s1. The van der Waals surface area contributed by atoms with Crippen LogP contribution in [0.2, 0.25) is 0 Å². The average Bonchev–Trinajstić information content (AvgIpc) is 2.86. The van der Waals surface area contributed by atoms with E-state index < -0.39 is 0 Å². The van der Waals surface area contributed by atoms with Crippen LogP contribution in [0.15, 0.2) is 11.6 Å². The lowest BCUT2D eigenvalue weighted by Gasteiger charge is -2.58. The number of aliphatic hydroxyl groups is 1. The molecule has 0 unspecified atom stereocenters. The summed E-state index contributed by atoms with van der Waals surface area (Å²) in [6, 6.07) is 2.38. The van der Waals surface area contributed by atoms with Crippen molar-refractivity contribution in [3.63, 3.8) is 0 Å². The van der Waals surface area contributed by atoms with Crippen molar-refractivity contribution in [3.8, 4) is 6.07 Å². The molecular weight excluding hydrogens is 286 g/mol. The second-order valence-electron chi connectivity index (χ2n) is 8.67. The maximum Gasteiger partial charge on any atom is 0.155 e. The van der Waals surface area contributed by atoms with Gasteiger partial charge in [-0.15, -0.1) is 0 Å². The maximum absolute atomic E-state index is 11.8. The normalized spacial score (nSPS) is 48.7. The number of carbonyl (C=O) groups excluding carboxylic acids is 1. The highest BCUT2D eigenvalue weighted by molar-refractivity contribution is 5.91. The smallest absolute Gasteiger partial charge is 0.155 e. The first-order valence-electron chi connectivity index (χ1n) is 9.30. The van der Waals surface area contributed by atoms with Gasteiger partial charge in [0.25, 0.3) is 0 Å². The molecule has 3 fully saturated rings. The molecular formula is C20H27NO2. The predicted octanol–water partition coefficient (Wildman–Crippen LogP) is 3.77. The van der Waals surface area contributed by atoms with Gasteiger partial charge >= 0.3 is 0 Å². The first kappa shape index (κ1) is 15.4. The molecule has 0 aliphatic heterocycles. The molecule has 0 heterocycles. The van der Waals surface area contributed by atoms with Gasteiger partial charge in [0.2, 0.25) is 0 Å². The van der Waals surface area contributed by atoms with Gasteiger partial charge in [-0.2, -0.15) is 5.26 Å². The number of nitriles is 1. The van der Waals surface area contributed by atoms with Gasteiger partial charge in [-0.25, -0.2) is 0 Å². The number of aliphatic hydroxyl groups excluding tert-OH is 1. The molecule has 0 spiro atoms. The first-order valence-corrected chi connectivity index (χ1v) is 9.30. The summed E-state index contributed by atoms with van der Waals surface area (Å²) in [5.41, 5.74) is 1.43. The largest absolute Gasteiger partial charge is 0.393 e. The molecule has 0 amide bonds. The van der Waals surface area contributed by atoms with E-state index in [1.54, 1.807) is 0 Å². The van der Waals surface area contributed by atoms with Gasteiger partial charge in [0.05, 0.1) is 12.2 Å². The van der Waals surface area contributed by atoms with Crippen molar-refractivity contribution in [2.24, 2.45) is 28.6 Å². The van der Waals surface area contributed by atoms with Gasteiger partial charge in [-0.1, -0.05) is 12.5 Å². The Labute approximate surface area is 138 Å². The van der Waals surface area contributed by atoms with Crippen LogP contribution < -0.4 is 0 Å². The highest BCUT2D eigenvalue weighted by atomic mass is 16.3. The number of hydrogen-bond acceptors (Lipinski definition) is 3. The summed E-state index contributed by atoms with van der Waals surface area (Å²) < 4.78 is 0. The Morgan fingerprint density at radius 2 is 2.04 bits per heavy atom. The van der Waals surface area contributed by atoms with Gasteiger partial charge in [0.1, 0.15) is 0 Å². The van der Waals surface area contributed by atoms with Crippen LogP contribution in [-0.4, -0.2) is 17.0 Å². The Bertz CT molecular complexity index is 603.